The van der Waals surface area contributed by atoms with E-state index in [4.69, 9.17) is 4.42 Å². The fraction of sp³-hybridized carbons (Fsp3) is 0.333. The highest BCUT2D eigenvalue weighted by atomic mass is 79.9. The van der Waals surface area contributed by atoms with Crippen LogP contribution in [0.15, 0.2) is 45.5 Å². The van der Waals surface area contributed by atoms with Gasteiger partial charge in [-0.3, -0.25) is 0 Å². The summed E-state index contributed by atoms with van der Waals surface area (Å²) in [6.45, 7) is 3.08. The zero-order chi connectivity index (χ0) is 13.1. The third kappa shape index (κ3) is 3.13. The van der Waals surface area contributed by atoms with E-state index in [9.17, 15) is 0 Å². The van der Waals surface area contributed by atoms with Crippen molar-refractivity contribution in [1.29, 1.82) is 0 Å². The smallest absolute Gasteiger partial charge is 0.169 e. The van der Waals surface area contributed by atoms with Gasteiger partial charge in [0.2, 0.25) is 0 Å². The predicted octanol–water partition coefficient (Wildman–Crippen LogP) is 4.25. The van der Waals surface area contributed by atoms with Gasteiger partial charge in [0.25, 0.3) is 0 Å². The highest BCUT2D eigenvalue weighted by Crippen LogP contribution is 2.22. The fourth-order valence-corrected chi connectivity index (χ4v) is 2.74. The minimum Gasteiger partial charge on any atom is -0.452 e. The monoisotopic (exact) mass is 320 g/mol. The zero-order valence-corrected chi connectivity index (χ0v) is 12.3. The van der Waals surface area contributed by atoms with Crippen LogP contribution in [0.25, 0.3) is 0 Å². The van der Waals surface area contributed by atoms with Crippen LogP contribution in [-0.4, -0.2) is 13.1 Å². The van der Waals surface area contributed by atoms with Gasteiger partial charge < -0.3 is 14.6 Å². The molecule has 0 aliphatic carbocycles. The summed E-state index contributed by atoms with van der Waals surface area (Å²) in [6.07, 6.45) is 2.63. The molecule has 0 saturated carbocycles. The minimum absolute atomic E-state index is 0.703. The molecule has 2 heterocycles. The lowest BCUT2D eigenvalue weighted by atomic mass is 10.2. The van der Waals surface area contributed by atoms with E-state index >= 15 is 0 Å². The van der Waals surface area contributed by atoms with Crippen molar-refractivity contribution in [2.75, 3.05) is 23.3 Å². The van der Waals surface area contributed by atoms with Crippen LogP contribution < -0.4 is 10.2 Å². The van der Waals surface area contributed by atoms with Gasteiger partial charge in [-0.25, -0.2) is 0 Å². The van der Waals surface area contributed by atoms with Crippen molar-refractivity contribution in [3.05, 3.63) is 46.8 Å². The molecule has 1 fully saturated rings. The molecular formula is C15H17BrN2O. The molecular weight excluding hydrogens is 304 g/mol. The topological polar surface area (TPSA) is 28.4 Å². The maximum atomic E-state index is 5.46. The van der Waals surface area contributed by atoms with Crippen LogP contribution in [-0.2, 0) is 6.54 Å². The van der Waals surface area contributed by atoms with Gasteiger partial charge in [-0.15, -0.1) is 0 Å². The van der Waals surface area contributed by atoms with Gasteiger partial charge in [0.15, 0.2) is 4.67 Å². The van der Waals surface area contributed by atoms with Crippen LogP contribution in [0.3, 0.4) is 0 Å². The van der Waals surface area contributed by atoms with Gasteiger partial charge in [0.1, 0.15) is 5.76 Å². The number of hydrogen-bond donors (Lipinski definition) is 1. The molecule has 0 bridgehead atoms. The molecule has 1 aromatic carbocycles. The van der Waals surface area contributed by atoms with E-state index in [0.29, 0.717) is 6.54 Å². The maximum absolute atomic E-state index is 5.46. The van der Waals surface area contributed by atoms with Crippen LogP contribution in [0, 0.1) is 0 Å². The van der Waals surface area contributed by atoms with E-state index in [1.165, 1.54) is 31.6 Å². The number of nitrogens with one attached hydrogen (secondary N) is 1. The first kappa shape index (κ1) is 12.6. The average molecular weight is 321 g/mol. The molecule has 1 N–H and O–H groups in total. The summed E-state index contributed by atoms with van der Waals surface area (Å²) in [6, 6.07) is 12.5. The first-order valence-electron chi connectivity index (χ1n) is 6.64. The second kappa shape index (κ2) is 5.70. The third-order valence-corrected chi connectivity index (χ3v) is 3.86. The van der Waals surface area contributed by atoms with Gasteiger partial charge in [-0.2, -0.15) is 0 Å². The van der Waals surface area contributed by atoms with Crippen molar-refractivity contribution in [2.45, 2.75) is 19.4 Å². The number of benzene rings is 1. The molecule has 1 aromatic heterocycles. The van der Waals surface area contributed by atoms with Gasteiger partial charge >= 0.3 is 0 Å². The summed E-state index contributed by atoms with van der Waals surface area (Å²) in [7, 11) is 0. The summed E-state index contributed by atoms with van der Waals surface area (Å²) < 4.78 is 6.23. The van der Waals surface area contributed by atoms with Crippen molar-refractivity contribution in [2.24, 2.45) is 0 Å². The van der Waals surface area contributed by atoms with Crippen LogP contribution in [0.5, 0.6) is 0 Å². The Bertz CT molecular complexity index is 529. The Kier molecular flexibility index (Phi) is 3.78. The summed E-state index contributed by atoms with van der Waals surface area (Å²) >= 11 is 3.31. The summed E-state index contributed by atoms with van der Waals surface area (Å²) in [5, 5.41) is 3.36. The van der Waals surface area contributed by atoms with Crippen LogP contribution in [0.2, 0.25) is 0 Å². The summed E-state index contributed by atoms with van der Waals surface area (Å²) in [5.74, 6) is 0.926. The first-order valence-corrected chi connectivity index (χ1v) is 7.44. The highest BCUT2D eigenvalue weighted by Gasteiger charge is 2.11. The number of rotatable bonds is 4. The molecule has 19 heavy (non-hydrogen) atoms. The van der Waals surface area contributed by atoms with Crippen molar-refractivity contribution in [1.82, 2.24) is 0 Å². The van der Waals surface area contributed by atoms with E-state index in [0.717, 1.165) is 16.1 Å². The Hall–Kier alpha value is -1.42. The Morgan fingerprint density at radius 1 is 1.05 bits per heavy atom. The molecule has 100 valence electrons. The number of halogens is 1. The number of nitrogens with zero attached hydrogens (tertiary/aromatic N) is 1. The van der Waals surface area contributed by atoms with Gasteiger partial charge in [0, 0.05) is 24.5 Å². The minimum atomic E-state index is 0.703. The summed E-state index contributed by atoms with van der Waals surface area (Å²) in [5.41, 5.74) is 2.44. The van der Waals surface area contributed by atoms with E-state index in [1.54, 1.807) is 0 Å². The molecule has 3 nitrogen and oxygen atoms in total. The summed E-state index contributed by atoms with van der Waals surface area (Å²) in [4.78, 5) is 2.44. The Balaban J connectivity index is 1.59. The van der Waals surface area contributed by atoms with Crippen molar-refractivity contribution < 1.29 is 4.42 Å². The van der Waals surface area contributed by atoms with Gasteiger partial charge in [-0.05, 0) is 65.2 Å². The van der Waals surface area contributed by atoms with E-state index in [-0.39, 0.29) is 0 Å². The van der Waals surface area contributed by atoms with Crippen LogP contribution in [0.4, 0.5) is 11.4 Å². The lowest BCUT2D eigenvalue weighted by Gasteiger charge is -2.17. The second-order valence-electron chi connectivity index (χ2n) is 4.80. The average Bonchev–Trinajstić information content (AvgIpc) is 3.08. The quantitative estimate of drug-likeness (QED) is 0.912. The van der Waals surface area contributed by atoms with Crippen molar-refractivity contribution in [3.63, 3.8) is 0 Å². The largest absolute Gasteiger partial charge is 0.452 e. The SMILES string of the molecule is Brc1ccc(CNc2ccc(N3CCCC3)cc2)o1. The van der Waals surface area contributed by atoms with Gasteiger partial charge in [-0.1, -0.05) is 0 Å². The highest BCUT2D eigenvalue weighted by molar-refractivity contribution is 9.10. The third-order valence-electron chi connectivity index (χ3n) is 3.43. The van der Waals surface area contributed by atoms with Gasteiger partial charge in [0.05, 0.1) is 6.54 Å². The van der Waals surface area contributed by atoms with Crippen LogP contribution >= 0.6 is 15.9 Å². The molecule has 2 aromatic rings. The molecule has 0 amide bonds. The Morgan fingerprint density at radius 3 is 2.42 bits per heavy atom. The zero-order valence-electron chi connectivity index (χ0n) is 10.7. The molecule has 3 rings (SSSR count). The second-order valence-corrected chi connectivity index (χ2v) is 5.58. The normalized spacial score (nSPS) is 14.9. The molecule has 1 aliphatic rings. The number of hydrogen-bond acceptors (Lipinski definition) is 3. The van der Waals surface area contributed by atoms with Crippen LogP contribution in [0.1, 0.15) is 18.6 Å². The van der Waals surface area contributed by atoms with Crippen molar-refractivity contribution in [3.8, 4) is 0 Å². The lowest BCUT2D eigenvalue weighted by molar-refractivity contribution is 0.495. The first-order chi connectivity index (χ1) is 9.31. The molecule has 4 heteroatoms. The van der Waals surface area contributed by atoms with E-state index < -0.39 is 0 Å². The molecule has 0 atom stereocenters. The molecule has 0 unspecified atom stereocenters. The molecule has 1 aliphatic heterocycles. The standard InChI is InChI=1S/C15H17BrN2O/c16-15-8-7-14(19-15)11-17-12-3-5-13(6-4-12)18-9-1-2-10-18/h3-8,17H,1-2,9-11H2. The maximum Gasteiger partial charge on any atom is 0.169 e. The number of furan rings is 1. The van der Waals surface area contributed by atoms with E-state index in [1.807, 2.05) is 12.1 Å². The number of anilines is 2. The fourth-order valence-electron chi connectivity index (χ4n) is 2.40. The van der Waals surface area contributed by atoms with Crippen molar-refractivity contribution >= 4 is 27.3 Å². The molecule has 0 spiro atoms. The lowest BCUT2D eigenvalue weighted by Crippen LogP contribution is -2.17. The molecule has 1 saturated heterocycles. The van der Waals surface area contributed by atoms with E-state index in [2.05, 4.69) is 50.4 Å². The Morgan fingerprint density at radius 2 is 1.79 bits per heavy atom. The molecule has 0 radical (unpaired) electrons. The Labute approximate surface area is 121 Å². The predicted molar refractivity (Wildman–Crippen MR) is 81.6 cm³/mol.